The Hall–Kier alpha value is -2.33. The van der Waals surface area contributed by atoms with E-state index in [0.717, 1.165) is 16.6 Å². The van der Waals surface area contributed by atoms with E-state index in [1.807, 2.05) is 30.5 Å². The molecule has 2 aromatic carbocycles. The van der Waals surface area contributed by atoms with Crippen molar-refractivity contribution in [2.45, 2.75) is 6.54 Å². The van der Waals surface area contributed by atoms with Gasteiger partial charge in [-0.25, -0.2) is 0 Å². The minimum absolute atomic E-state index is 0.108. The van der Waals surface area contributed by atoms with Crippen LogP contribution < -0.4 is 10.1 Å². The molecular weight excluding hydrogens is 288 g/mol. The molecule has 0 amide bonds. The minimum Gasteiger partial charge on any atom is -0.504 e. The van der Waals surface area contributed by atoms with Crippen LogP contribution in [0.3, 0.4) is 0 Å². The number of halogens is 1. The number of anilines is 1. The number of rotatable bonds is 4. The molecule has 0 unspecified atom stereocenters. The van der Waals surface area contributed by atoms with E-state index in [9.17, 15) is 5.11 Å². The molecule has 0 atom stereocenters. The number of nitrogens with one attached hydrogen (secondary N) is 2. The molecule has 1 heterocycles. The van der Waals surface area contributed by atoms with Crippen molar-refractivity contribution in [1.29, 1.82) is 0 Å². The number of aromatic nitrogens is 1. The third-order valence-corrected chi connectivity index (χ3v) is 3.59. The van der Waals surface area contributed by atoms with E-state index < -0.39 is 0 Å². The first-order valence-electron chi connectivity index (χ1n) is 6.54. The van der Waals surface area contributed by atoms with Gasteiger partial charge in [-0.15, -0.1) is 0 Å². The van der Waals surface area contributed by atoms with E-state index in [-0.39, 0.29) is 5.75 Å². The van der Waals surface area contributed by atoms with Crippen LogP contribution in [0.4, 0.5) is 5.69 Å². The number of methoxy groups -OCH3 is 1. The number of ether oxygens (including phenoxy) is 1. The van der Waals surface area contributed by atoms with Crippen LogP contribution in [0.25, 0.3) is 10.9 Å². The number of fused-ring (bicyclic) bond motifs is 1. The van der Waals surface area contributed by atoms with Crippen molar-refractivity contribution in [1.82, 2.24) is 4.98 Å². The molecule has 3 aromatic rings. The summed E-state index contributed by atoms with van der Waals surface area (Å²) in [5, 5.41) is 15.0. The lowest BCUT2D eigenvalue weighted by Crippen LogP contribution is -2.00. The van der Waals surface area contributed by atoms with Crippen molar-refractivity contribution < 1.29 is 9.84 Å². The molecule has 3 N–H and O–H groups in total. The molecule has 21 heavy (non-hydrogen) atoms. The second-order valence-electron chi connectivity index (χ2n) is 4.75. The maximum atomic E-state index is 10.1. The van der Waals surface area contributed by atoms with E-state index in [2.05, 4.69) is 10.3 Å². The maximum Gasteiger partial charge on any atom is 0.162 e. The lowest BCUT2D eigenvalue weighted by atomic mass is 10.1. The van der Waals surface area contributed by atoms with Crippen LogP contribution in [0.1, 0.15) is 5.56 Å². The molecule has 1 aromatic heterocycles. The summed E-state index contributed by atoms with van der Waals surface area (Å²) in [7, 11) is 1.50. The van der Waals surface area contributed by atoms with E-state index in [4.69, 9.17) is 16.3 Å². The van der Waals surface area contributed by atoms with Gasteiger partial charge in [-0.1, -0.05) is 11.6 Å². The summed E-state index contributed by atoms with van der Waals surface area (Å²) in [5.74, 6) is 0.484. The van der Waals surface area contributed by atoms with Gasteiger partial charge in [-0.3, -0.25) is 0 Å². The molecule has 0 spiro atoms. The zero-order valence-electron chi connectivity index (χ0n) is 11.5. The Morgan fingerprint density at radius 2 is 2.10 bits per heavy atom. The number of hydrogen-bond donors (Lipinski definition) is 3. The van der Waals surface area contributed by atoms with Crippen molar-refractivity contribution >= 4 is 28.2 Å². The fraction of sp³-hybridized carbons (Fsp3) is 0.125. The van der Waals surface area contributed by atoms with Crippen molar-refractivity contribution in [3.8, 4) is 11.5 Å². The van der Waals surface area contributed by atoms with E-state index >= 15 is 0 Å². The van der Waals surface area contributed by atoms with E-state index in [0.29, 0.717) is 22.9 Å². The molecule has 0 aliphatic carbocycles. The molecule has 0 saturated heterocycles. The summed E-state index contributed by atoms with van der Waals surface area (Å²) in [4.78, 5) is 3.15. The van der Waals surface area contributed by atoms with Gasteiger partial charge in [0.05, 0.1) is 7.11 Å². The number of phenols is 1. The number of phenolic OH excluding ortho intramolecular Hbond substituents is 1. The van der Waals surface area contributed by atoms with Crippen molar-refractivity contribution in [3.05, 3.63) is 53.2 Å². The largest absolute Gasteiger partial charge is 0.504 e. The quantitative estimate of drug-likeness (QED) is 0.678. The normalized spacial score (nSPS) is 10.8. The molecule has 5 heteroatoms. The molecular formula is C16H15ClN2O2. The van der Waals surface area contributed by atoms with Crippen LogP contribution in [0.15, 0.2) is 42.6 Å². The summed E-state index contributed by atoms with van der Waals surface area (Å²) in [6.07, 6.45) is 1.90. The predicted molar refractivity (Wildman–Crippen MR) is 85.3 cm³/mol. The standard InChI is InChI=1S/C16H15ClN2O2/c1-21-15-8-12(17)6-11(16(15)20)9-19-13-2-3-14-10(7-13)4-5-18-14/h2-8,18-20H,9H2,1H3. The van der Waals surface area contributed by atoms with Gasteiger partial charge in [0.15, 0.2) is 11.5 Å². The Morgan fingerprint density at radius 3 is 2.90 bits per heavy atom. The lowest BCUT2D eigenvalue weighted by molar-refractivity contribution is 0.371. The first-order chi connectivity index (χ1) is 10.2. The van der Waals surface area contributed by atoms with Gasteiger partial charge < -0.3 is 20.1 Å². The van der Waals surface area contributed by atoms with Gasteiger partial charge >= 0.3 is 0 Å². The second kappa shape index (κ2) is 5.58. The highest BCUT2D eigenvalue weighted by Gasteiger charge is 2.10. The van der Waals surface area contributed by atoms with Crippen LogP contribution >= 0.6 is 11.6 Å². The van der Waals surface area contributed by atoms with E-state index in [1.165, 1.54) is 7.11 Å². The van der Waals surface area contributed by atoms with Crippen LogP contribution in [0, 0.1) is 0 Å². The predicted octanol–water partition coefficient (Wildman–Crippen LogP) is 4.15. The molecule has 108 valence electrons. The molecule has 0 bridgehead atoms. The third kappa shape index (κ3) is 2.76. The highest BCUT2D eigenvalue weighted by atomic mass is 35.5. The Balaban J connectivity index is 1.82. The highest BCUT2D eigenvalue weighted by molar-refractivity contribution is 6.30. The summed E-state index contributed by atoms with van der Waals surface area (Å²) >= 11 is 6.02. The first-order valence-corrected chi connectivity index (χ1v) is 6.91. The number of hydrogen-bond acceptors (Lipinski definition) is 3. The second-order valence-corrected chi connectivity index (χ2v) is 5.19. The number of aromatic hydroxyl groups is 1. The summed E-state index contributed by atoms with van der Waals surface area (Å²) in [5.41, 5.74) is 2.75. The molecule has 0 aliphatic heterocycles. The zero-order valence-corrected chi connectivity index (χ0v) is 12.2. The van der Waals surface area contributed by atoms with Crippen LogP contribution in [-0.2, 0) is 6.54 Å². The summed E-state index contributed by atoms with van der Waals surface area (Å²) in [6, 6.07) is 11.4. The number of benzene rings is 2. The van der Waals surface area contributed by atoms with Gasteiger partial charge in [-0.2, -0.15) is 0 Å². The third-order valence-electron chi connectivity index (χ3n) is 3.37. The van der Waals surface area contributed by atoms with Crippen molar-refractivity contribution in [2.24, 2.45) is 0 Å². The Kier molecular flexibility index (Phi) is 3.62. The van der Waals surface area contributed by atoms with Crippen LogP contribution in [-0.4, -0.2) is 17.2 Å². The topological polar surface area (TPSA) is 57.3 Å². The minimum atomic E-state index is 0.108. The maximum absolute atomic E-state index is 10.1. The van der Waals surface area contributed by atoms with Gasteiger partial charge in [0.2, 0.25) is 0 Å². The van der Waals surface area contributed by atoms with Crippen LogP contribution in [0.5, 0.6) is 11.5 Å². The van der Waals surface area contributed by atoms with E-state index in [1.54, 1.807) is 12.1 Å². The zero-order chi connectivity index (χ0) is 14.8. The fourth-order valence-electron chi connectivity index (χ4n) is 2.28. The average molecular weight is 303 g/mol. The smallest absolute Gasteiger partial charge is 0.162 e. The Morgan fingerprint density at radius 1 is 1.24 bits per heavy atom. The van der Waals surface area contributed by atoms with Crippen LogP contribution in [0.2, 0.25) is 5.02 Å². The summed E-state index contributed by atoms with van der Waals surface area (Å²) in [6.45, 7) is 0.457. The molecule has 0 saturated carbocycles. The summed E-state index contributed by atoms with van der Waals surface area (Å²) < 4.78 is 5.10. The van der Waals surface area contributed by atoms with Crippen molar-refractivity contribution in [3.63, 3.8) is 0 Å². The van der Waals surface area contributed by atoms with Gasteiger partial charge in [0.25, 0.3) is 0 Å². The highest BCUT2D eigenvalue weighted by Crippen LogP contribution is 2.33. The van der Waals surface area contributed by atoms with Gasteiger partial charge in [-0.05, 0) is 30.3 Å². The molecule has 4 nitrogen and oxygen atoms in total. The molecule has 0 aliphatic rings. The fourth-order valence-corrected chi connectivity index (χ4v) is 2.51. The van der Waals surface area contributed by atoms with Crippen molar-refractivity contribution in [2.75, 3.05) is 12.4 Å². The molecule has 0 fully saturated rings. The Labute approximate surface area is 127 Å². The lowest BCUT2D eigenvalue weighted by Gasteiger charge is -2.11. The molecule has 3 rings (SSSR count). The number of aromatic amines is 1. The Bertz CT molecular complexity index is 783. The van der Waals surface area contributed by atoms with Gasteiger partial charge in [0, 0.05) is 46.0 Å². The molecule has 0 radical (unpaired) electrons. The average Bonchev–Trinajstić information content (AvgIpc) is 2.95. The SMILES string of the molecule is COc1cc(Cl)cc(CNc2ccc3[nH]ccc3c2)c1O. The number of H-pyrrole nitrogens is 1. The monoisotopic (exact) mass is 302 g/mol. The van der Waals surface area contributed by atoms with Gasteiger partial charge in [0.1, 0.15) is 0 Å². The first kappa shape index (κ1) is 13.6.